The number of hydrogen-bond acceptors (Lipinski definition) is 4. The topological polar surface area (TPSA) is 67.5 Å². The molecule has 0 spiro atoms. The van der Waals surface area contributed by atoms with Crippen molar-refractivity contribution in [3.05, 3.63) is 52.1 Å². The minimum absolute atomic E-state index is 0.300. The minimum atomic E-state index is 0.300. The second-order valence-electron chi connectivity index (χ2n) is 7.21. The first-order chi connectivity index (χ1) is 13.9. The highest BCUT2D eigenvalue weighted by Crippen LogP contribution is 2.27. The number of nitrogens with zero attached hydrogens (tertiary/aromatic N) is 1. The summed E-state index contributed by atoms with van der Waals surface area (Å²) in [5.74, 6) is 0. The Morgan fingerprint density at radius 3 is 1.73 bits per heavy atom. The lowest BCUT2D eigenvalue weighted by molar-refractivity contribution is 0.505. The molecule has 0 heterocycles. The van der Waals surface area contributed by atoms with Crippen molar-refractivity contribution in [2.24, 2.45) is 16.3 Å². The number of nitroso groups, excluding NO2 is 1. The monoisotopic (exact) mass is 437 g/mol. The summed E-state index contributed by atoms with van der Waals surface area (Å²) < 4.78 is 0. The Morgan fingerprint density at radius 1 is 1.03 bits per heavy atom. The zero-order valence-electron chi connectivity index (χ0n) is 21.9. The highest BCUT2D eigenvalue weighted by Gasteiger charge is 2.11. The Labute approximate surface area is 189 Å². The first-order valence-corrected chi connectivity index (χ1v) is 11.1. The standard InChI is InChI=1S/C11H14N2O.C9H17P.2C2H6.CH5N/c1-7(2)12-10-5-9(4)11(13-14)6-8(10)3;1-7(6-8(2)10)9(3,4)5;3*1-2/h5-6,12H,1H2,2-4H3;6,10H,1-5H3;2*1-2H3;2H2,1H3/b;7-6+;;;. The van der Waals surface area contributed by atoms with Crippen molar-refractivity contribution < 1.29 is 0 Å². The molecule has 1 rings (SSSR count). The molecule has 0 aliphatic rings. The summed E-state index contributed by atoms with van der Waals surface area (Å²) in [6.07, 6.45) is 2.16. The van der Waals surface area contributed by atoms with E-state index in [4.69, 9.17) is 0 Å². The fourth-order valence-corrected chi connectivity index (χ4v) is 2.02. The molecule has 0 saturated heterocycles. The van der Waals surface area contributed by atoms with E-state index in [1.807, 2.05) is 61.5 Å². The minimum Gasteiger partial charge on any atom is -0.359 e. The van der Waals surface area contributed by atoms with Crippen molar-refractivity contribution in [1.29, 1.82) is 0 Å². The van der Waals surface area contributed by atoms with Gasteiger partial charge in [0, 0.05) is 11.4 Å². The summed E-state index contributed by atoms with van der Waals surface area (Å²) in [4.78, 5) is 10.4. The van der Waals surface area contributed by atoms with E-state index in [0.29, 0.717) is 11.1 Å². The number of allylic oxidation sites excluding steroid dienone is 3. The van der Waals surface area contributed by atoms with Gasteiger partial charge >= 0.3 is 0 Å². The van der Waals surface area contributed by atoms with E-state index < -0.39 is 0 Å². The molecule has 0 radical (unpaired) electrons. The van der Waals surface area contributed by atoms with Gasteiger partial charge in [-0.05, 0) is 80.8 Å². The van der Waals surface area contributed by atoms with E-state index in [0.717, 1.165) is 22.5 Å². The lowest BCUT2D eigenvalue weighted by Crippen LogP contribution is -2.07. The van der Waals surface area contributed by atoms with Gasteiger partial charge in [0.05, 0.1) is 0 Å². The summed E-state index contributed by atoms with van der Waals surface area (Å²) >= 11 is 0. The Morgan fingerprint density at radius 2 is 1.47 bits per heavy atom. The molecule has 5 heteroatoms. The summed E-state index contributed by atoms with van der Waals surface area (Å²) in [7, 11) is 4.95. The maximum Gasteiger partial charge on any atom is 0.111 e. The number of aryl methyl sites for hydroxylation is 2. The van der Waals surface area contributed by atoms with Crippen LogP contribution >= 0.6 is 8.86 Å². The Bertz CT molecular complexity index is 657. The molecule has 30 heavy (non-hydrogen) atoms. The third-order valence-corrected chi connectivity index (χ3v) is 3.75. The van der Waals surface area contributed by atoms with Crippen LogP contribution in [0.5, 0.6) is 0 Å². The van der Waals surface area contributed by atoms with Gasteiger partial charge in [0.1, 0.15) is 5.69 Å². The number of nitrogens with two attached hydrogens (primary N) is 1. The quantitative estimate of drug-likeness (QED) is 0.366. The second kappa shape index (κ2) is 20.5. The van der Waals surface area contributed by atoms with Gasteiger partial charge in [-0.25, -0.2) is 0 Å². The average molecular weight is 438 g/mol. The van der Waals surface area contributed by atoms with E-state index in [9.17, 15) is 4.91 Å². The van der Waals surface area contributed by atoms with Crippen molar-refractivity contribution in [3.8, 4) is 0 Å². The third-order valence-electron chi connectivity index (χ3n) is 3.61. The van der Waals surface area contributed by atoms with Crippen molar-refractivity contribution in [2.75, 3.05) is 12.4 Å². The van der Waals surface area contributed by atoms with Gasteiger partial charge in [0.25, 0.3) is 0 Å². The molecule has 1 aromatic carbocycles. The molecule has 0 saturated carbocycles. The molecule has 4 nitrogen and oxygen atoms in total. The summed E-state index contributed by atoms with van der Waals surface area (Å²) in [6.45, 7) is 28.3. The van der Waals surface area contributed by atoms with Crippen LogP contribution in [0.2, 0.25) is 0 Å². The maximum atomic E-state index is 10.4. The van der Waals surface area contributed by atoms with Crippen molar-refractivity contribution >= 4 is 25.5 Å². The van der Waals surface area contributed by atoms with Crippen molar-refractivity contribution in [3.63, 3.8) is 0 Å². The number of benzene rings is 1. The van der Waals surface area contributed by atoms with Gasteiger partial charge in [0.15, 0.2) is 0 Å². The van der Waals surface area contributed by atoms with Crippen LogP contribution in [0.1, 0.15) is 80.4 Å². The highest BCUT2D eigenvalue weighted by molar-refractivity contribution is 7.21. The molecule has 0 amide bonds. The van der Waals surface area contributed by atoms with Crippen LogP contribution in [-0.2, 0) is 0 Å². The Hall–Kier alpha value is -1.77. The van der Waals surface area contributed by atoms with Crippen LogP contribution in [0.3, 0.4) is 0 Å². The molecular formula is C25H48N3OP. The molecule has 0 bridgehead atoms. The summed E-state index contributed by atoms with van der Waals surface area (Å²) in [6, 6.07) is 3.67. The van der Waals surface area contributed by atoms with Crippen molar-refractivity contribution in [1.82, 2.24) is 0 Å². The first-order valence-electron chi connectivity index (χ1n) is 10.6. The number of hydrogen-bond donors (Lipinski definition) is 2. The zero-order valence-corrected chi connectivity index (χ0v) is 22.9. The van der Waals surface area contributed by atoms with Gasteiger partial charge < -0.3 is 11.1 Å². The molecule has 3 N–H and O–H groups in total. The van der Waals surface area contributed by atoms with Gasteiger partial charge in [-0.3, -0.25) is 0 Å². The predicted octanol–water partition coefficient (Wildman–Crippen LogP) is 8.59. The Balaban J connectivity index is -0.000000186. The van der Waals surface area contributed by atoms with Crippen LogP contribution in [-0.4, -0.2) is 12.3 Å². The van der Waals surface area contributed by atoms with Crippen LogP contribution in [0.4, 0.5) is 11.4 Å². The molecule has 0 atom stereocenters. The van der Waals surface area contributed by atoms with Crippen molar-refractivity contribution in [2.45, 2.75) is 83.1 Å². The largest absolute Gasteiger partial charge is 0.359 e. The van der Waals surface area contributed by atoms with E-state index in [-0.39, 0.29) is 0 Å². The fourth-order valence-electron chi connectivity index (χ4n) is 1.81. The third kappa shape index (κ3) is 18.3. The SMILES string of the molecule is C=C(C)Nc1cc(C)c(N=O)cc1C.CC.CC.CC(=P)/C=C(\C)C(C)(C)C.CN. The number of anilines is 1. The molecule has 0 aromatic heterocycles. The van der Waals surface area contributed by atoms with Crippen LogP contribution < -0.4 is 11.1 Å². The van der Waals surface area contributed by atoms with Crippen LogP contribution in [0, 0.1) is 24.2 Å². The average Bonchev–Trinajstić information content (AvgIpc) is 2.68. The number of rotatable bonds is 4. The van der Waals surface area contributed by atoms with E-state index >= 15 is 0 Å². The van der Waals surface area contributed by atoms with E-state index in [1.54, 1.807) is 6.07 Å². The highest BCUT2D eigenvalue weighted by atomic mass is 31.0. The maximum absolute atomic E-state index is 10.4. The van der Waals surface area contributed by atoms with E-state index in [2.05, 4.69) is 65.4 Å². The van der Waals surface area contributed by atoms with E-state index in [1.165, 1.54) is 17.9 Å². The fraction of sp³-hybridized carbons (Fsp3) is 0.560. The molecular weight excluding hydrogens is 389 g/mol. The lowest BCUT2D eigenvalue weighted by Gasteiger charge is -2.19. The molecule has 0 unspecified atom stereocenters. The normalized spacial score (nSPS) is 9.60. The van der Waals surface area contributed by atoms with Gasteiger partial charge in [-0.1, -0.05) is 66.7 Å². The number of nitrogens with one attached hydrogen (secondary N) is 1. The van der Waals surface area contributed by atoms with Crippen LogP contribution in [0.25, 0.3) is 0 Å². The molecule has 0 aliphatic heterocycles. The first kappa shape index (κ1) is 35.7. The van der Waals surface area contributed by atoms with Gasteiger partial charge in [-0.2, -0.15) is 0 Å². The summed E-state index contributed by atoms with van der Waals surface area (Å²) in [5, 5.41) is 7.27. The predicted molar refractivity (Wildman–Crippen MR) is 145 cm³/mol. The van der Waals surface area contributed by atoms with Gasteiger partial charge in [-0.15, -0.1) is 13.8 Å². The molecule has 0 aliphatic carbocycles. The molecule has 0 fully saturated rings. The second-order valence-corrected chi connectivity index (χ2v) is 8.00. The molecule has 174 valence electrons. The lowest BCUT2D eigenvalue weighted by atomic mass is 9.87. The van der Waals surface area contributed by atoms with Gasteiger partial charge in [0.2, 0.25) is 0 Å². The zero-order chi connectivity index (χ0) is 25.1. The Kier molecular flexibility index (Phi) is 24.4. The van der Waals surface area contributed by atoms with Crippen LogP contribution in [0.15, 0.2) is 41.2 Å². The smallest absolute Gasteiger partial charge is 0.111 e. The summed E-state index contributed by atoms with van der Waals surface area (Å²) in [5.41, 5.74) is 10.4. The molecule has 1 aromatic rings.